The fourth-order valence-electron chi connectivity index (χ4n) is 2.03. The lowest BCUT2D eigenvalue weighted by molar-refractivity contribution is -0.0164. The zero-order valence-electron chi connectivity index (χ0n) is 13.6. The van der Waals surface area contributed by atoms with Gasteiger partial charge in [-0.15, -0.1) is 0 Å². The Kier molecular flexibility index (Phi) is 5.41. The Balaban J connectivity index is 2.93. The van der Waals surface area contributed by atoms with Crippen molar-refractivity contribution >= 4 is 10.0 Å². The highest BCUT2D eigenvalue weighted by molar-refractivity contribution is 7.89. The Morgan fingerprint density at radius 2 is 1.67 bits per heavy atom. The van der Waals surface area contributed by atoms with Crippen molar-refractivity contribution in [2.24, 2.45) is 5.14 Å². The Hall–Kier alpha value is -1.11. The lowest BCUT2D eigenvalue weighted by atomic mass is 10.1. The van der Waals surface area contributed by atoms with E-state index in [4.69, 9.17) is 14.6 Å². The van der Waals surface area contributed by atoms with Crippen molar-refractivity contribution in [2.45, 2.75) is 52.0 Å². The van der Waals surface area contributed by atoms with Crippen molar-refractivity contribution in [1.29, 1.82) is 0 Å². The molecule has 0 radical (unpaired) electrons. The average Bonchev–Trinajstić information content (AvgIpc) is 2.30. The molecule has 2 N–H and O–H groups in total. The predicted molar refractivity (Wildman–Crippen MR) is 83.2 cm³/mol. The molecule has 0 spiro atoms. The lowest BCUT2D eigenvalue weighted by Crippen LogP contribution is -2.23. The molecular formula is C15H25NO4S. The first kappa shape index (κ1) is 17.9. The third-order valence-corrected chi connectivity index (χ3v) is 4.19. The third kappa shape index (κ3) is 4.98. The van der Waals surface area contributed by atoms with Crippen molar-refractivity contribution in [3.8, 4) is 5.75 Å². The zero-order chi connectivity index (χ0) is 16.4. The average molecular weight is 315 g/mol. The minimum Gasteiger partial charge on any atom is -0.491 e. The van der Waals surface area contributed by atoms with Crippen LogP contribution in [0.5, 0.6) is 5.75 Å². The van der Waals surface area contributed by atoms with Gasteiger partial charge in [0.05, 0.1) is 17.1 Å². The molecule has 5 nitrogen and oxygen atoms in total. The molecule has 0 saturated heterocycles. The van der Waals surface area contributed by atoms with E-state index in [-0.39, 0.29) is 10.5 Å². The van der Waals surface area contributed by atoms with Crippen LogP contribution in [0.25, 0.3) is 0 Å². The number of hydrogen-bond acceptors (Lipinski definition) is 4. The van der Waals surface area contributed by atoms with Crippen LogP contribution < -0.4 is 9.88 Å². The predicted octanol–water partition coefficient (Wildman–Crippen LogP) is 2.45. The van der Waals surface area contributed by atoms with E-state index < -0.39 is 10.0 Å². The first-order valence-corrected chi connectivity index (χ1v) is 8.38. The lowest BCUT2D eigenvalue weighted by Gasteiger charge is -2.21. The van der Waals surface area contributed by atoms with Crippen LogP contribution in [0.1, 0.15) is 37.5 Å². The van der Waals surface area contributed by atoms with Crippen molar-refractivity contribution in [2.75, 3.05) is 13.2 Å². The van der Waals surface area contributed by atoms with Gasteiger partial charge in [-0.3, -0.25) is 0 Å². The summed E-state index contributed by atoms with van der Waals surface area (Å²) in [5.74, 6) is 0.692. The SMILES string of the molecule is Cc1cc(S(N)(=O)=O)c(C)c(C)c1OCCOC(C)(C)C. The van der Waals surface area contributed by atoms with E-state index in [0.717, 1.165) is 11.1 Å². The van der Waals surface area contributed by atoms with Crippen molar-refractivity contribution in [1.82, 2.24) is 0 Å². The van der Waals surface area contributed by atoms with Gasteiger partial charge in [-0.05, 0) is 64.3 Å². The first-order chi connectivity index (χ1) is 9.43. The Morgan fingerprint density at radius 1 is 1.10 bits per heavy atom. The van der Waals surface area contributed by atoms with Crippen molar-refractivity contribution in [3.05, 3.63) is 22.8 Å². The smallest absolute Gasteiger partial charge is 0.238 e. The summed E-state index contributed by atoms with van der Waals surface area (Å²) in [6.45, 7) is 12.2. The van der Waals surface area contributed by atoms with Gasteiger partial charge in [0.2, 0.25) is 10.0 Å². The molecular weight excluding hydrogens is 290 g/mol. The van der Waals surface area contributed by atoms with Gasteiger partial charge in [0.25, 0.3) is 0 Å². The van der Waals surface area contributed by atoms with Gasteiger partial charge in [-0.25, -0.2) is 13.6 Å². The molecule has 0 heterocycles. The number of rotatable bonds is 5. The number of nitrogens with two attached hydrogens (primary N) is 1. The molecule has 1 rings (SSSR count). The van der Waals surface area contributed by atoms with Gasteiger partial charge in [0, 0.05) is 0 Å². The minimum atomic E-state index is -3.72. The Labute approximate surface area is 127 Å². The normalized spacial score (nSPS) is 12.5. The maximum absolute atomic E-state index is 11.6. The highest BCUT2D eigenvalue weighted by atomic mass is 32.2. The summed E-state index contributed by atoms with van der Waals surface area (Å²) in [4.78, 5) is 0.149. The monoisotopic (exact) mass is 315 g/mol. The van der Waals surface area contributed by atoms with Crippen molar-refractivity contribution < 1.29 is 17.9 Å². The second-order valence-corrected chi connectivity index (χ2v) is 7.65. The van der Waals surface area contributed by atoms with Crippen LogP contribution in [0.2, 0.25) is 0 Å². The second kappa shape index (κ2) is 6.34. The van der Waals surface area contributed by atoms with E-state index in [0.29, 0.717) is 24.5 Å². The van der Waals surface area contributed by atoms with Crippen LogP contribution in [0.4, 0.5) is 0 Å². The van der Waals surface area contributed by atoms with Gasteiger partial charge >= 0.3 is 0 Å². The van der Waals surface area contributed by atoms with Crippen LogP contribution in [0.15, 0.2) is 11.0 Å². The van der Waals surface area contributed by atoms with Gasteiger partial charge in [0.1, 0.15) is 12.4 Å². The molecule has 0 unspecified atom stereocenters. The van der Waals surface area contributed by atoms with Crippen LogP contribution in [0.3, 0.4) is 0 Å². The minimum absolute atomic E-state index is 0.149. The van der Waals surface area contributed by atoms with Crippen molar-refractivity contribution in [3.63, 3.8) is 0 Å². The fourth-order valence-corrected chi connectivity index (χ4v) is 2.95. The first-order valence-electron chi connectivity index (χ1n) is 6.84. The summed E-state index contributed by atoms with van der Waals surface area (Å²) in [5, 5.41) is 5.23. The van der Waals surface area contributed by atoms with E-state index >= 15 is 0 Å². The number of hydrogen-bond donors (Lipinski definition) is 1. The maximum Gasteiger partial charge on any atom is 0.238 e. The van der Waals surface area contributed by atoms with E-state index in [9.17, 15) is 8.42 Å². The number of aryl methyl sites for hydroxylation is 1. The van der Waals surface area contributed by atoms with Crippen LogP contribution in [-0.2, 0) is 14.8 Å². The van der Waals surface area contributed by atoms with E-state index in [1.807, 2.05) is 27.7 Å². The summed E-state index contributed by atoms with van der Waals surface area (Å²) in [5.41, 5.74) is 1.95. The molecule has 1 aromatic rings. The highest BCUT2D eigenvalue weighted by Gasteiger charge is 2.18. The summed E-state index contributed by atoms with van der Waals surface area (Å²) in [6.07, 6.45) is 0. The van der Waals surface area contributed by atoms with Gasteiger partial charge in [-0.1, -0.05) is 0 Å². The summed E-state index contributed by atoms with van der Waals surface area (Å²) >= 11 is 0. The topological polar surface area (TPSA) is 78.6 Å². The van der Waals surface area contributed by atoms with E-state index in [2.05, 4.69) is 0 Å². The quantitative estimate of drug-likeness (QED) is 0.847. The summed E-state index contributed by atoms with van der Waals surface area (Å²) < 4.78 is 34.5. The van der Waals surface area contributed by atoms with Crippen LogP contribution in [-0.4, -0.2) is 27.2 Å². The molecule has 1 aromatic carbocycles. The number of benzene rings is 1. The molecule has 0 aliphatic rings. The van der Waals surface area contributed by atoms with Crippen LogP contribution in [0, 0.1) is 20.8 Å². The molecule has 0 saturated carbocycles. The van der Waals surface area contributed by atoms with Gasteiger partial charge in [0.15, 0.2) is 0 Å². The summed E-state index contributed by atoms with van der Waals surface area (Å²) in [6, 6.07) is 1.55. The van der Waals surface area contributed by atoms with Gasteiger partial charge in [-0.2, -0.15) is 0 Å². The number of sulfonamides is 1. The van der Waals surface area contributed by atoms with E-state index in [1.165, 1.54) is 0 Å². The Morgan fingerprint density at radius 3 is 2.14 bits per heavy atom. The molecule has 0 amide bonds. The third-order valence-electron chi connectivity index (χ3n) is 3.15. The molecule has 0 fully saturated rings. The zero-order valence-corrected chi connectivity index (χ0v) is 14.4. The number of ether oxygens (including phenoxy) is 2. The Bertz CT molecular complexity index is 616. The molecule has 6 heteroatoms. The highest BCUT2D eigenvalue weighted by Crippen LogP contribution is 2.30. The molecule has 0 aliphatic carbocycles. The number of primary sulfonamides is 1. The molecule has 0 aromatic heterocycles. The van der Waals surface area contributed by atoms with Gasteiger partial charge < -0.3 is 9.47 Å². The molecule has 0 aliphatic heterocycles. The summed E-state index contributed by atoms with van der Waals surface area (Å²) in [7, 11) is -3.72. The van der Waals surface area contributed by atoms with E-state index in [1.54, 1.807) is 19.9 Å². The largest absolute Gasteiger partial charge is 0.491 e. The second-order valence-electron chi connectivity index (χ2n) is 6.13. The molecule has 0 atom stereocenters. The standard InChI is InChI=1S/C15H25NO4S/c1-10-9-13(21(16,17)18)11(2)12(3)14(10)19-7-8-20-15(4,5)6/h9H,7-8H2,1-6H3,(H2,16,17,18). The molecule has 120 valence electrons. The fraction of sp³-hybridized carbons (Fsp3) is 0.600. The maximum atomic E-state index is 11.6. The molecule has 0 bridgehead atoms. The molecule has 21 heavy (non-hydrogen) atoms. The van der Waals surface area contributed by atoms with Crippen LogP contribution >= 0.6 is 0 Å².